The van der Waals surface area contributed by atoms with Gasteiger partial charge in [0, 0.05) is 11.2 Å². The van der Waals surface area contributed by atoms with Crippen molar-refractivity contribution in [1.29, 1.82) is 0 Å². The topological polar surface area (TPSA) is 81.8 Å². The third-order valence-corrected chi connectivity index (χ3v) is 1.65. The van der Waals surface area contributed by atoms with Gasteiger partial charge in [-0.3, -0.25) is 0 Å². The normalized spacial score (nSPS) is 14.6. The largest absolute Gasteiger partial charge is 0.699 e. The quantitative estimate of drug-likeness (QED) is 0.352. The molecule has 2 unspecified atom stereocenters. The van der Waals surface area contributed by atoms with Gasteiger partial charge < -0.3 is 10.8 Å². The Labute approximate surface area is 66.4 Å². The van der Waals surface area contributed by atoms with Crippen LogP contribution in [0.25, 0.3) is 0 Å². The van der Waals surface area contributed by atoms with E-state index in [2.05, 4.69) is 9.05 Å². The number of aliphatic hydroxyl groups excluding tert-OH is 1. The molecule has 0 rings (SSSR count). The lowest BCUT2D eigenvalue weighted by atomic mass is 10.5. The molecule has 0 amide bonds. The molecule has 2 atom stereocenters. The lowest BCUT2D eigenvalue weighted by Gasteiger charge is -1.92. The zero-order valence-corrected chi connectivity index (χ0v) is 7.29. The minimum absolute atomic E-state index is 0.0152. The van der Waals surface area contributed by atoms with Crippen molar-refractivity contribution in [1.82, 2.24) is 0 Å². The summed E-state index contributed by atoms with van der Waals surface area (Å²) in [6.45, 7) is 1.79. The van der Waals surface area contributed by atoms with Gasteiger partial charge in [0.05, 0.1) is 0 Å². The predicted octanol–water partition coefficient (Wildman–Crippen LogP) is 0.364. The van der Waals surface area contributed by atoms with Crippen LogP contribution in [-0.4, -0.2) is 24.5 Å². The smallest absolute Gasteiger partial charge is 0.396 e. The maximum Gasteiger partial charge on any atom is 0.699 e. The second-order valence-electron chi connectivity index (χ2n) is 1.94. The molecule has 3 N–H and O–H groups in total. The third kappa shape index (κ3) is 7.84. The van der Waals surface area contributed by atoms with Crippen molar-refractivity contribution < 1.29 is 18.7 Å². The van der Waals surface area contributed by atoms with E-state index in [0.29, 0.717) is 6.42 Å². The summed E-state index contributed by atoms with van der Waals surface area (Å²) in [4.78, 5) is 0. The van der Waals surface area contributed by atoms with Gasteiger partial charge in [-0.05, 0) is 13.3 Å². The Kier molecular flexibility index (Phi) is 6.60. The van der Waals surface area contributed by atoms with Crippen LogP contribution < -0.4 is 5.73 Å². The molecule has 0 aliphatic carbocycles. The predicted molar refractivity (Wildman–Crippen MR) is 40.0 cm³/mol. The Morgan fingerprint density at radius 1 is 1.73 bits per heavy atom. The number of hydrogen-bond donors (Lipinski definition) is 2. The fraction of sp³-hybridized carbons (Fsp3) is 1.00. The van der Waals surface area contributed by atoms with Crippen molar-refractivity contribution in [2.75, 3.05) is 13.2 Å². The molecule has 5 nitrogen and oxygen atoms in total. The number of aliphatic hydroxyl groups is 1. The minimum Gasteiger partial charge on any atom is -0.396 e. The fourth-order valence-electron chi connectivity index (χ4n) is 0.370. The van der Waals surface area contributed by atoms with Crippen molar-refractivity contribution in [3.63, 3.8) is 0 Å². The first-order valence-electron chi connectivity index (χ1n) is 3.30. The summed E-state index contributed by atoms with van der Waals surface area (Å²) in [6.07, 6.45) is -0.142. The van der Waals surface area contributed by atoms with E-state index < -0.39 is 14.5 Å². The highest BCUT2D eigenvalue weighted by atomic mass is 31.1. The van der Waals surface area contributed by atoms with Crippen molar-refractivity contribution >= 4 is 8.25 Å². The van der Waals surface area contributed by atoms with Gasteiger partial charge in [0.15, 0.2) is 6.23 Å². The van der Waals surface area contributed by atoms with Gasteiger partial charge >= 0.3 is 8.25 Å². The van der Waals surface area contributed by atoms with Gasteiger partial charge in [-0.1, -0.05) is 0 Å². The van der Waals surface area contributed by atoms with E-state index in [9.17, 15) is 4.57 Å². The lowest BCUT2D eigenvalue weighted by Crippen LogP contribution is -2.15. The molecule has 0 bridgehead atoms. The molecule has 0 saturated heterocycles. The molecule has 0 spiro atoms. The SMILES string of the molecule is CC(N)O[P+](=O)OCCCO. The summed E-state index contributed by atoms with van der Waals surface area (Å²) in [5.41, 5.74) is 5.16. The number of nitrogens with two attached hydrogens (primary N) is 1. The number of rotatable bonds is 6. The highest BCUT2D eigenvalue weighted by Gasteiger charge is 2.21. The summed E-state index contributed by atoms with van der Waals surface area (Å²) >= 11 is 0. The summed E-state index contributed by atoms with van der Waals surface area (Å²) in [7, 11) is -2.12. The molecular weight excluding hydrogens is 169 g/mol. The summed E-state index contributed by atoms with van der Waals surface area (Å²) in [5, 5.41) is 8.32. The highest BCUT2D eigenvalue weighted by Crippen LogP contribution is 2.24. The number of hydrogen-bond acceptors (Lipinski definition) is 5. The Morgan fingerprint density at radius 2 is 2.36 bits per heavy atom. The zero-order valence-electron chi connectivity index (χ0n) is 6.40. The Balaban J connectivity index is 3.23. The van der Waals surface area contributed by atoms with E-state index in [4.69, 9.17) is 10.8 Å². The van der Waals surface area contributed by atoms with Crippen LogP contribution in [0.15, 0.2) is 0 Å². The molecule has 11 heavy (non-hydrogen) atoms. The zero-order chi connectivity index (χ0) is 8.69. The van der Waals surface area contributed by atoms with Gasteiger partial charge in [0.1, 0.15) is 6.61 Å². The molecule has 0 aromatic carbocycles. The van der Waals surface area contributed by atoms with Crippen LogP contribution in [0.3, 0.4) is 0 Å². The summed E-state index contributed by atoms with van der Waals surface area (Å²) in [5.74, 6) is 0. The van der Waals surface area contributed by atoms with Crippen molar-refractivity contribution in [3.8, 4) is 0 Å². The Bertz CT molecular complexity index is 119. The van der Waals surface area contributed by atoms with Crippen LogP contribution in [0.4, 0.5) is 0 Å². The van der Waals surface area contributed by atoms with Crippen LogP contribution in [0, 0.1) is 0 Å². The molecule has 0 aliphatic rings. The van der Waals surface area contributed by atoms with Crippen LogP contribution >= 0.6 is 8.25 Å². The van der Waals surface area contributed by atoms with Crippen LogP contribution in [0.1, 0.15) is 13.3 Å². The van der Waals surface area contributed by atoms with Gasteiger partial charge in [-0.15, -0.1) is 9.05 Å². The van der Waals surface area contributed by atoms with Crippen molar-refractivity contribution in [2.45, 2.75) is 19.6 Å². The van der Waals surface area contributed by atoms with Gasteiger partial charge in [-0.2, -0.15) is 0 Å². The van der Waals surface area contributed by atoms with E-state index in [1.165, 1.54) is 0 Å². The summed E-state index contributed by atoms with van der Waals surface area (Å²) in [6, 6.07) is 0. The van der Waals surface area contributed by atoms with E-state index in [1.54, 1.807) is 6.92 Å². The standard InChI is InChI=1S/C5H13NO4P/c1-5(6)10-11(8)9-4-2-3-7/h5,7H,2-4,6H2,1H3/q+1. The molecule has 0 heterocycles. The second kappa shape index (κ2) is 6.64. The maximum absolute atomic E-state index is 10.7. The van der Waals surface area contributed by atoms with Crippen LogP contribution in [0.2, 0.25) is 0 Å². The van der Waals surface area contributed by atoms with Gasteiger partial charge in [0.25, 0.3) is 0 Å². The van der Waals surface area contributed by atoms with Gasteiger partial charge in [0.2, 0.25) is 0 Å². The highest BCUT2D eigenvalue weighted by molar-refractivity contribution is 7.33. The molecule has 0 fully saturated rings. The minimum atomic E-state index is -2.12. The molecule has 0 saturated carbocycles. The van der Waals surface area contributed by atoms with Crippen molar-refractivity contribution in [3.05, 3.63) is 0 Å². The molecular formula is C5H13NO4P+. The van der Waals surface area contributed by atoms with E-state index in [0.717, 1.165) is 0 Å². The Morgan fingerprint density at radius 3 is 2.82 bits per heavy atom. The monoisotopic (exact) mass is 182 g/mol. The lowest BCUT2D eigenvalue weighted by molar-refractivity contribution is 0.169. The first-order chi connectivity index (χ1) is 5.16. The molecule has 6 heteroatoms. The first kappa shape index (κ1) is 10.9. The molecule has 0 aromatic heterocycles. The van der Waals surface area contributed by atoms with Crippen LogP contribution in [0.5, 0.6) is 0 Å². The van der Waals surface area contributed by atoms with E-state index in [-0.39, 0.29) is 13.2 Å². The second-order valence-corrected chi connectivity index (χ2v) is 2.86. The molecule has 66 valence electrons. The van der Waals surface area contributed by atoms with Crippen LogP contribution in [-0.2, 0) is 13.6 Å². The van der Waals surface area contributed by atoms with E-state index in [1.807, 2.05) is 0 Å². The van der Waals surface area contributed by atoms with Crippen molar-refractivity contribution in [2.24, 2.45) is 5.73 Å². The molecule has 0 radical (unpaired) electrons. The molecule has 0 aromatic rings. The third-order valence-electron chi connectivity index (χ3n) is 0.751. The fourth-order valence-corrected chi connectivity index (χ4v) is 0.980. The summed E-state index contributed by atoms with van der Waals surface area (Å²) < 4.78 is 19.9. The Hall–Kier alpha value is -0.0600. The van der Waals surface area contributed by atoms with Gasteiger partial charge in [-0.25, -0.2) is 0 Å². The molecule has 0 aliphatic heterocycles. The first-order valence-corrected chi connectivity index (χ1v) is 4.39. The maximum atomic E-state index is 10.7. The average molecular weight is 182 g/mol. The van der Waals surface area contributed by atoms with E-state index >= 15 is 0 Å². The average Bonchev–Trinajstić information content (AvgIpc) is 1.86.